The molecule has 0 N–H and O–H groups in total. The standard InChI is InChI=1S/C23H28F3N3O2/c1-16-12-17(2)14-20(13-16)31-11-10-28(3)22(30)18-6-8-29(9-7-18)21-5-4-19(15-27-21)23(24,25)26/h4-5,12-15,18H,6-11H2,1-3H3. The summed E-state index contributed by atoms with van der Waals surface area (Å²) in [5.41, 5.74) is 1.51. The molecule has 0 unspecified atom stereocenters. The third-order valence-corrected chi connectivity index (χ3v) is 5.51. The molecular weight excluding hydrogens is 407 g/mol. The summed E-state index contributed by atoms with van der Waals surface area (Å²) in [6, 6.07) is 8.46. The van der Waals surface area contributed by atoms with E-state index in [1.165, 1.54) is 6.07 Å². The van der Waals surface area contributed by atoms with Crippen molar-refractivity contribution in [3.8, 4) is 5.75 Å². The lowest BCUT2D eigenvalue weighted by Gasteiger charge is -2.34. The number of rotatable bonds is 6. The topological polar surface area (TPSA) is 45.7 Å². The number of amides is 1. The van der Waals surface area contributed by atoms with E-state index < -0.39 is 11.7 Å². The summed E-state index contributed by atoms with van der Waals surface area (Å²) in [6.45, 7) is 6.11. The Morgan fingerprint density at radius 2 is 1.81 bits per heavy atom. The van der Waals surface area contributed by atoms with Crippen LogP contribution >= 0.6 is 0 Å². The zero-order valence-electron chi connectivity index (χ0n) is 18.1. The van der Waals surface area contributed by atoms with E-state index in [2.05, 4.69) is 11.1 Å². The third-order valence-electron chi connectivity index (χ3n) is 5.51. The molecular formula is C23H28F3N3O2. The summed E-state index contributed by atoms with van der Waals surface area (Å²) in [5, 5.41) is 0. The molecule has 0 radical (unpaired) electrons. The molecule has 1 aliphatic rings. The number of carbonyl (C=O) groups excluding carboxylic acids is 1. The Hall–Kier alpha value is -2.77. The number of anilines is 1. The zero-order valence-corrected chi connectivity index (χ0v) is 18.1. The summed E-state index contributed by atoms with van der Waals surface area (Å²) in [6.07, 6.45) is -2.25. The van der Waals surface area contributed by atoms with E-state index in [0.717, 1.165) is 29.1 Å². The van der Waals surface area contributed by atoms with Crippen molar-refractivity contribution in [2.24, 2.45) is 5.92 Å². The molecule has 0 spiro atoms. The molecule has 1 aromatic carbocycles. The van der Waals surface area contributed by atoms with Crippen molar-refractivity contribution in [2.75, 3.05) is 38.2 Å². The highest BCUT2D eigenvalue weighted by atomic mass is 19.4. The van der Waals surface area contributed by atoms with Crippen molar-refractivity contribution in [3.63, 3.8) is 0 Å². The van der Waals surface area contributed by atoms with Crippen molar-refractivity contribution >= 4 is 11.7 Å². The third kappa shape index (κ3) is 6.12. The van der Waals surface area contributed by atoms with Crippen LogP contribution in [0, 0.1) is 19.8 Å². The van der Waals surface area contributed by atoms with E-state index >= 15 is 0 Å². The van der Waals surface area contributed by atoms with Crippen LogP contribution in [0.15, 0.2) is 36.5 Å². The van der Waals surface area contributed by atoms with E-state index in [1.54, 1.807) is 11.9 Å². The van der Waals surface area contributed by atoms with Gasteiger partial charge in [0.25, 0.3) is 0 Å². The summed E-state index contributed by atoms with van der Waals surface area (Å²) in [7, 11) is 1.77. The maximum atomic E-state index is 12.8. The van der Waals surface area contributed by atoms with Gasteiger partial charge in [0.1, 0.15) is 18.2 Å². The average molecular weight is 435 g/mol. The highest BCUT2D eigenvalue weighted by molar-refractivity contribution is 5.79. The number of benzene rings is 1. The van der Waals surface area contributed by atoms with Gasteiger partial charge in [0.2, 0.25) is 5.91 Å². The maximum Gasteiger partial charge on any atom is 0.417 e. The van der Waals surface area contributed by atoms with Gasteiger partial charge >= 0.3 is 6.18 Å². The van der Waals surface area contributed by atoms with Crippen LogP contribution in [0.4, 0.5) is 19.0 Å². The first-order chi connectivity index (χ1) is 14.6. The lowest BCUT2D eigenvalue weighted by molar-refractivity contribution is -0.138. The molecule has 5 nitrogen and oxygen atoms in total. The molecule has 2 aromatic rings. The molecule has 0 aliphatic carbocycles. The number of alkyl halides is 3. The van der Waals surface area contributed by atoms with Gasteiger partial charge in [-0.1, -0.05) is 6.07 Å². The van der Waals surface area contributed by atoms with Gasteiger partial charge in [0.05, 0.1) is 12.1 Å². The van der Waals surface area contributed by atoms with Crippen molar-refractivity contribution < 1.29 is 22.7 Å². The molecule has 168 valence electrons. The number of aryl methyl sites for hydroxylation is 2. The molecule has 0 atom stereocenters. The second-order valence-corrected chi connectivity index (χ2v) is 8.10. The SMILES string of the molecule is Cc1cc(C)cc(OCCN(C)C(=O)C2CCN(c3ccc(C(F)(F)F)cn3)CC2)c1. The minimum atomic E-state index is -4.39. The van der Waals surface area contributed by atoms with Gasteiger partial charge in [0.15, 0.2) is 0 Å². The first-order valence-corrected chi connectivity index (χ1v) is 10.4. The Bertz CT molecular complexity index is 872. The van der Waals surface area contributed by atoms with Crippen LogP contribution in [0.3, 0.4) is 0 Å². The number of carbonyl (C=O) groups is 1. The second-order valence-electron chi connectivity index (χ2n) is 8.10. The van der Waals surface area contributed by atoms with Crippen LogP contribution in [0.2, 0.25) is 0 Å². The summed E-state index contributed by atoms with van der Waals surface area (Å²) in [4.78, 5) is 20.3. The minimum Gasteiger partial charge on any atom is -0.492 e. The Balaban J connectivity index is 1.45. The molecule has 3 rings (SSSR count). The Kier molecular flexibility index (Phi) is 7.08. The van der Waals surface area contributed by atoms with Gasteiger partial charge in [-0.05, 0) is 62.1 Å². The highest BCUT2D eigenvalue weighted by Gasteiger charge is 2.32. The Morgan fingerprint density at radius 1 is 1.16 bits per heavy atom. The molecule has 31 heavy (non-hydrogen) atoms. The van der Waals surface area contributed by atoms with E-state index in [-0.39, 0.29) is 11.8 Å². The monoisotopic (exact) mass is 435 g/mol. The van der Waals surface area contributed by atoms with Crippen molar-refractivity contribution in [1.29, 1.82) is 0 Å². The van der Waals surface area contributed by atoms with Crippen LogP contribution in [0.1, 0.15) is 29.5 Å². The summed E-state index contributed by atoms with van der Waals surface area (Å²) < 4.78 is 43.9. The molecule has 8 heteroatoms. The quantitative estimate of drug-likeness (QED) is 0.672. The second kappa shape index (κ2) is 9.58. The van der Waals surface area contributed by atoms with Crippen molar-refractivity contribution in [1.82, 2.24) is 9.88 Å². The normalized spacial score (nSPS) is 15.1. The van der Waals surface area contributed by atoms with Crippen molar-refractivity contribution in [3.05, 3.63) is 53.2 Å². The highest BCUT2D eigenvalue weighted by Crippen LogP contribution is 2.30. The Labute approximate surface area is 180 Å². The lowest BCUT2D eigenvalue weighted by Crippen LogP contribution is -2.42. The molecule has 1 saturated heterocycles. The van der Waals surface area contributed by atoms with Gasteiger partial charge in [0, 0.05) is 32.3 Å². The smallest absolute Gasteiger partial charge is 0.417 e. The van der Waals surface area contributed by atoms with E-state index in [1.807, 2.05) is 30.9 Å². The van der Waals surface area contributed by atoms with Gasteiger partial charge in [-0.3, -0.25) is 4.79 Å². The number of ether oxygens (including phenoxy) is 1. The predicted molar refractivity (Wildman–Crippen MR) is 113 cm³/mol. The fourth-order valence-corrected chi connectivity index (χ4v) is 3.83. The number of hydrogen-bond acceptors (Lipinski definition) is 4. The molecule has 1 fully saturated rings. The molecule has 1 aliphatic heterocycles. The minimum absolute atomic E-state index is 0.0732. The average Bonchev–Trinajstić information content (AvgIpc) is 2.72. The van der Waals surface area contributed by atoms with Crippen LogP contribution in [0.5, 0.6) is 5.75 Å². The number of piperidine rings is 1. The molecule has 2 heterocycles. The molecule has 1 aromatic heterocycles. The van der Waals surface area contributed by atoms with E-state index in [9.17, 15) is 18.0 Å². The van der Waals surface area contributed by atoms with Crippen LogP contribution in [-0.2, 0) is 11.0 Å². The van der Waals surface area contributed by atoms with Crippen LogP contribution in [-0.4, -0.2) is 49.1 Å². The van der Waals surface area contributed by atoms with Gasteiger partial charge in [-0.25, -0.2) is 4.98 Å². The number of aromatic nitrogens is 1. The summed E-state index contributed by atoms with van der Waals surface area (Å²) in [5.74, 6) is 1.28. The first kappa shape index (κ1) is 22.9. The fourth-order valence-electron chi connectivity index (χ4n) is 3.83. The number of hydrogen-bond donors (Lipinski definition) is 0. The number of pyridine rings is 1. The zero-order chi connectivity index (χ0) is 22.6. The van der Waals surface area contributed by atoms with Gasteiger partial charge < -0.3 is 14.5 Å². The Morgan fingerprint density at radius 3 is 2.35 bits per heavy atom. The predicted octanol–water partition coefficient (Wildman–Crippen LogP) is 4.47. The van der Waals surface area contributed by atoms with E-state index in [4.69, 9.17) is 4.74 Å². The molecule has 1 amide bonds. The van der Waals surface area contributed by atoms with Crippen LogP contribution in [0.25, 0.3) is 0 Å². The number of likely N-dealkylation sites (N-methyl/N-ethyl adjacent to an activating group) is 1. The maximum absolute atomic E-state index is 12.8. The van der Waals surface area contributed by atoms with E-state index in [0.29, 0.717) is 44.9 Å². The first-order valence-electron chi connectivity index (χ1n) is 10.4. The van der Waals surface area contributed by atoms with Crippen molar-refractivity contribution in [2.45, 2.75) is 32.9 Å². The van der Waals surface area contributed by atoms with Gasteiger partial charge in [-0.2, -0.15) is 13.2 Å². The lowest BCUT2D eigenvalue weighted by atomic mass is 9.95. The summed E-state index contributed by atoms with van der Waals surface area (Å²) >= 11 is 0. The largest absolute Gasteiger partial charge is 0.492 e. The number of nitrogens with zero attached hydrogens (tertiary/aromatic N) is 3. The molecule has 0 bridgehead atoms. The number of halogens is 3. The molecule has 0 saturated carbocycles. The fraction of sp³-hybridized carbons (Fsp3) is 0.478. The van der Waals surface area contributed by atoms with Gasteiger partial charge in [-0.15, -0.1) is 0 Å². The van der Waals surface area contributed by atoms with Crippen LogP contribution < -0.4 is 9.64 Å².